The number of Topliss-reactive ketones (excluding diaryl/α,β-unsaturated/α-hetero) is 1. The molecule has 0 bridgehead atoms. The number of carboxylic acid groups (broad SMARTS) is 1. The van der Waals surface area contributed by atoms with Crippen molar-refractivity contribution in [3.05, 3.63) is 35.4 Å². The fourth-order valence-electron chi connectivity index (χ4n) is 1.37. The van der Waals surface area contributed by atoms with Crippen molar-refractivity contribution in [1.82, 2.24) is 0 Å². The Morgan fingerprint density at radius 1 is 1.35 bits per heavy atom. The van der Waals surface area contributed by atoms with Crippen LogP contribution in [0.2, 0.25) is 0 Å². The van der Waals surface area contributed by atoms with Gasteiger partial charge in [-0.15, -0.1) is 0 Å². The molecule has 4 heteroatoms. The number of phenolic OH excluding ortho intramolecular Hbond substituents is 1. The fraction of sp³-hybridized carbons (Fsp3) is 0.231. The molecule has 2 N–H and O–H groups in total. The maximum Gasteiger partial charge on any atom is 0.307 e. The molecule has 1 aromatic rings. The Morgan fingerprint density at radius 3 is 2.65 bits per heavy atom. The lowest BCUT2D eigenvalue weighted by atomic mass is 10.0. The van der Waals surface area contributed by atoms with E-state index in [9.17, 15) is 14.7 Å². The summed E-state index contributed by atoms with van der Waals surface area (Å²) in [5.74, 6) is -1.10. The van der Waals surface area contributed by atoms with Crippen LogP contribution >= 0.6 is 0 Å². The second kappa shape index (κ2) is 5.84. The van der Waals surface area contributed by atoms with E-state index in [-0.39, 0.29) is 23.5 Å². The molecule has 0 heterocycles. The van der Waals surface area contributed by atoms with Gasteiger partial charge < -0.3 is 10.2 Å². The number of hydrogen-bond acceptors (Lipinski definition) is 3. The van der Waals surface area contributed by atoms with E-state index in [1.165, 1.54) is 12.1 Å². The van der Waals surface area contributed by atoms with E-state index >= 15 is 0 Å². The van der Waals surface area contributed by atoms with Gasteiger partial charge in [0.1, 0.15) is 5.75 Å². The number of carboxylic acids is 1. The summed E-state index contributed by atoms with van der Waals surface area (Å²) in [5.41, 5.74) is 0.964. The van der Waals surface area contributed by atoms with E-state index < -0.39 is 5.97 Å². The zero-order valence-corrected chi connectivity index (χ0v) is 9.51. The first-order valence-electron chi connectivity index (χ1n) is 5.29. The molecule has 0 unspecified atom stereocenters. The molecule has 0 atom stereocenters. The normalized spacial score (nSPS) is 10.6. The third kappa shape index (κ3) is 3.75. The van der Waals surface area contributed by atoms with Crippen molar-refractivity contribution in [3.8, 4) is 5.75 Å². The molecule has 0 spiro atoms. The van der Waals surface area contributed by atoms with Crippen molar-refractivity contribution in [2.75, 3.05) is 0 Å². The molecule has 0 aliphatic heterocycles. The number of phenols is 1. The summed E-state index contributed by atoms with van der Waals surface area (Å²) >= 11 is 0. The highest BCUT2D eigenvalue weighted by atomic mass is 16.4. The summed E-state index contributed by atoms with van der Waals surface area (Å²) < 4.78 is 0. The Labute approximate surface area is 99.2 Å². The first-order chi connectivity index (χ1) is 8.04. The molecule has 4 nitrogen and oxygen atoms in total. The SMILES string of the molecule is CCC(=O)c1cc(C=CCC(=O)O)ccc1O. The summed E-state index contributed by atoms with van der Waals surface area (Å²) in [6.07, 6.45) is 3.35. The highest BCUT2D eigenvalue weighted by Crippen LogP contribution is 2.20. The van der Waals surface area contributed by atoms with Crippen LogP contribution in [0.5, 0.6) is 5.75 Å². The molecule has 17 heavy (non-hydrogen) atoms. The van der Waals surface area contributed by atoms with Gasteiger partial charge in [0.2, 0.25) is 0 Å². The highest BCUT2D eigenvalue weighted by molar-refractivity contribution is 5.98. The third-order valence-electron chi connectivity index (χ3n) is 2.24. The van der Waals surface area contributed by atoms with Crippen molar-refractivity contribution >= 4 is 17.8 Å². The second-order valence-electron chi connectivity index (χ2n) is 3.55. The molecule has 1 aromatic carbocycles. The lowest BCUT2D eigenvalue weighted by Gasteiger charge is -2.03. The topological polar surface area (TPSA) is 74.6 Å². The molecule has 0 amide bonds. The Hall–Kier alpha value is -2.10. The zero-order valence-electron chi connectivity index (χ0n) is 9.51. The number of carbonyl (C=O) groups excluding carboxylic acids is 1. The molecule has 90 valence electrons. The van der Waals surface area contributed by atoms with Gasteiger partial charge in [0.05, 0.1) is 12.0 Å². The number of hydrogen-bond donors (Lipinski definition) is 2. The molecule has 0 aliphatic carbocycles. The van der Waals surface area contributed by atoms with Crippen LogP contribution in [0.15, 0.2) is 24.3 Å². The number of aromatic hydroxyl groups is 1. The largest absolute Gasteiger partial charge is 0.507 e. The van der Waals surface area contributed by atoms with E-state index in [2.05, 4.69) is 0 Å². The quantitative estimate of drug-likeness (QED) is 0.767. The Bertz CT molecular complexity index is 460. The standard InChI is InChI=1S/C13H14O4/c1-2-11(14)10-8-9(6-7-12(10)15)4-3-5-13(16)17/h3-4,6-8,15H,2,5H2,1H3,(H,16,17). The predicted molar refractivity (Wildman–Crippen MR) is 64.0 cm³/mol. The Kier molecular flexibility index (Phi) is 4.46. The minimum absolute atomic E-state index is 0.0489. The molecule has 1 rings (SSSR count). The van der Waals surface area contributed by atoms with Crippen LogP contribution in [0.1, 0.15) is 35.7 Å². The number of aliphatic carboxylic acids is 1. The van der Waals surface area contributed by atoms with E-state index in [4.69, 9.17) is 5.11 Å². The van der Waals surface area contributed by atoms with Gasteiger partial charge in [-0.1, -0.05) is 25.1 Å². The van der Waals surface area contributed by atoms with Crippen molar-refractivity contribution in [2.45, 2.75) is 19.8 Å². The van der Waals surface area contributed by atoms with E-state index in [1.807, 2.05) is 0 Å². The second-order valence-corrected chi connectivity index (χ2v) is 3.55. The molecule has 0 aliphatic rings. The van der Waals surface area contributed by atoms with Crippen molar-refractivity contribution in [1.29, 1.82) is 0 Å². The smallest absolute Gasteiger partial charge is 0.307 e. The number of ketones is 1. The van der Waals surface area contributed by atoms with Gasteiger partial charge in [0.15, 0.2) is 5.78 Å². The number of rotatable bonds is 5. The van der Waals surface area contributed by atoms with E-state index in [1.54, 1.807) is 25.1 Å². The van der Waals surface area contributed by atoms with Gasteiger partial charge in [-0.2, -0.15) is 0 Å². The molecule has 0 saturated carbocycles. The monoisotopic (exact) mass is 234 g/mol. The Balaban J connectivity index is 2.92. The van der Waals surface area contributed by atoms with Crippen LogP contribution in [0.3, 0.4) is 0 Å². The van der Waals surface area contributed by atoms with Gasteiger partial charge in [0, 0.05) is 6.42 Å². The minimum Gasteiger partial charge on any atom is -0.507 e. The lowest BCUT2D eigenvalue weighted by molar-refractivity contribution is -0.135. The summed E-state index contributed by atoms with van der Waals surface area (Å²) in [6, 6.07) is 4.61. The van der Waals surface area contributed by atoms with Crippen LogP contribution in [0.4, 0.5) is 0 Å². The number of benzene rings is 1. The molecule has 0 saturated heterocycles. The molecule has 0 aromatic heterocycles. The van der Waals surface area contributed by atoms with Gasteiger partial charge >= 0.3 is 5.97 Å². The maximum absolute atomic E-state index is 11.5. The fourth-order valence-corrected chi connectivity index (χ4v) is 1.37. The van der Waals surface area contributed by atoms with E-state index in [0.29, 0.717) is 12.0 Å². The molecular weight excluding hydrogens is 220 g/mol. The minimum atomic E-state index is -0.912. The molecular formula is C13H14O4. The lowest BCUT2D eigenvalue weighted by Crippen LogP contribution is -1.97. The maximum atomic E-state index is 11.5. The summed E-state index contributed by atoms with van der Waals surface area (Å²) in [5, 5.41) is 18.0. The summed E-state index contributed by atoms with van der Waals surface area (Å²) in [4.78, 5) is 21.8. The molecule has 0 radical (unpaired) electrons. The van der Waals surface area contributed by atoms with Crippen LogP contribution in [-0.2, 0) is 4.79 Å². The zero-order chi connectivity index (χ0) is 12.8. The van der Waals surface area contributed by atoms with Crippen LogP contribution in [0.25, 0.3) is 6.08 Å². The van der Waals surface area contributed by atoms with Gasteiger partial charge in [-0.3, -0.25) is 9.59 Å². The highest BCUT2D eigenvalue weighted by Gasteiger charge is 2.08. The van der Waals surface area contributed by atoms with Crippen molar-refractivity contribution in [2.24, 2.45) is 0 Å². The average molecular weight is 234 g/mol. The van der Waals surface area contributed by atoms with Gasteiger partial charge in [-0.05, 0) is 17.7 Å². The Morgan fingerprint density at radius 2 is 2.06 bits per heavy atom. The third-order valence-corrected chi connectivity index (χ3v) is 2.24. The van der Waals surface area contributed by atoms with Crippen LogP contribution < -0.4 is 0 Å². The van der Waals surface area contributed by atoms with Gasteiger partial charge in [-0.25, -0.2) is 0 Å². The molecule has 0 fully saturated rings. The predicted octanol–water partition coefficient (Wildman–Crippen LogP) is 2.47. The van der Waals surface area contributed by atoms with E-state index in [0.717, 1.165) is 0 Å². The summed E-state index contributed by atoms with van der Waals surface area (Å²) in [6.45, 7) is 1.72. The summed E-state index contributed by atoms with van der Waals surface area (Å²) in [7, 11) is 0. The van der Waals surface area contributed by atoms with Crippen LogP contribution in [0, 0.1) is 0 Å². The average Bonchev–Trinajstić information content (AvgIpc) is 2.30. The van der Waals surface area contributed by atoms with Crippen LogP contribution in [-0.4, -0.2) is 22.0 Å². The first kappa shape index (κ1) is 13.0. The first-order valence-corrected chi connectivity index (χ1v) is 5.29. The van der Waals surface area contributed by atoms with Crippen molar-refractivity contribution in [3.63, 3.8) is 0 Å². The van der Waals surface area contributed by atoms with Crippen molar-refractivity contribution < 1.29 is 19.8 Å². The van der Waals surface area contributed by atoms with Gasteiger partial charge in [0.25, 0.3) is 0 Å². The number of carbonyl (C=O) groups is 2.